The van der Waals surface area contributed by atoms with Gasteiger partial charge in [0.1, 0.15) is 5.82 Å². The maximum absolute atomic E-state index is 12.2. The van der Waals surface area contributed by atoms with Gasteiger partial charge in [-0.3, -0.25) is 4.79 Å². The highest BCUT2D eigenvalue weighted by atomic mass is 79.9. The molecule has 0 spiro atoms. The van der Waals surface area contributed by atoms with Gasteiger partial charge in [0.15, 0.2) is 0 Å². The predicted octanol–water partition coefficient (Wildman–Crippen LogP) is 3.47. The van der Waals surface area contributed by atoms with E-state index in [9.17, 15) is 4.79 Å². The molecule has 0 aliphatic carbocycles. The number of nitrogens with one attached hydrogen (secondary N) is 1. The zero-order chi connectivity index (χ0) is 14.7. The van der Waals surface area contributed by atoms with Crippen molar-refractivity contribution >= 4 is 33.3 Å². The molecule has 4 nitrogen and oxygen atoms in total. The number of carbonyl (C=O) groups is 1. The Morgan fingerprint density at radius 2 is 2.00 bits per heavy atom. The molecule has 1 amide bonds. The summed E-state index contributed by atoms with van der Waals surface area (Å²) in [5, 5.41) is 2.89. The summed E-state index contributed by atoms with van der Waals surface area (Å²) in [4.78, 5) is 18.3. The van der Waals surface area contributed by atoms with E-state index in [1.165, 1.54) is 0 Å². The third-order valence-corrected chi connectivity index (χ3v) is 3.40. The van der Waals surface area contributed by atoms with E-state index in [1.807, 2.05) is 50.2 Å². The number of hydrogen-bond acceptors (Lipinski definition) is 3. The van der Waals surface area contributed by atoms with Gasteiger partial charge in [-0.25, -0.2) is 4.98 Å². The molecule has 1 N–H and O–H groups in total. The molecular weight excluding hydrogens is 318 g/mol. The molecule has 1 heterocycles. The van der Waals surface area contributed by atoms with Crippen molar-refractivity contribution in [2.24, 2.45) is 0 Å². The number of amides is 1. The number of carbonyl (C=O) groups excluding carboxylic acids is 1. The van der Waals surface area contributed by atoms with Crippen LogP contribution in [0.15, 0.2) is 41.0 Å². The summed E-state index contributed by atoms with van der Waals surface area (Å²) in [6, 6.07) is 9.33. The number of rotatable bonds is 3. The average molecular weight is 334 g/mol. The number of benzene rings is 1. The van der Waals surface area contributed by atoms with Crippen LogP contribution in [0.5, 0.6) is 0 Å². The van der Waals surface area contributed by atoms with E-state index < -0.39 is 0 Å². The Bertz CT molecular complexity index is 624. The Morgan fingerprint density at radius 1 is 1.25 bits per heavy atom. The Labute approximate surface area is 127 Å². The smallest absolute Gasteiger partial charge is 0.257 e. The Morgan fingerprint density at radius 3 is 2.55 bits per heavy atom. The molecule has 0 aliphatic rings. The zero-order valence-electron chi connectivity index (χ0n) is 11.6. The lowest BCUT2D eigenvalue weighted by atomic mass is 10.2. The summed E-state index contributed by atoms with van der Waals surface area (Å²) in [5.74, 6) is 0.662. The quantitative estimate of drug-likeness (QED) is 0.935. The molecule has 0 unspecified atom stereocenters. The summed E-state index contributed by atoms with van der Waals surface area (Å²) >= 11 is 3.40. The second-order valence-electron chi connectivity index (χ2n) is 4.71. The molecule has 104 valence electrons. The molecule has 5 heteroatoms. The minimum atomic E-state index is -0.159. The SMILES string of the molecule is Cc1cc(Br)ccc1NC(=O)c1ccc(N(C)C)nc1. The molecular formula is C15H16BrN3O. The minimum absolute atomic E-state index is 0.159. The highest BCUT2D eigenvalue weighted by Gasteiger charge is 2.09. The molecule has 0 radical (unpaired) electrons. The number of anilines is 2. The summed E-state index contributed by atoms with van der Waals surface area (Å²) in [5.41, 5.74) is 2.35. The van der Waals surface area contributed by atoms with E-state index >= 15 is 0 Å². The summed E-state index contributed by atoms with van der Waals surface area (Å²) in [7, 11) is 3.82. The van der Waals surface area contributed by atoms with Crippen LogP contribution in [0.25, 0.3) is 0 Å². The molecule has 2 rings (SSSR count). The van der Waals surface area contributed by atoms with E-state index in [1.54, 1.807) is 12.3 Å². The van der Waals surface area contributed by atoms with Gasteiger partial charge in [0.05, 0.1) is 5.56 Å². The maximum atomic E-state index is 12.2. The van der Waals surface area contributed by atoms with Crippen LogP contribution in [0.4, 0.5) is 11.5 Å². The lowest BCUT2D eigenvalue weighted by molar-refractivity contribution is 0.102. The second-order valence-corrected chi connectivity index (χ2v) is 5.63. The van der Waals surface area contributed by atoms with Gasteiger partial charge in [0, 0.05) is 30.5 Å². The standard InChI is InChI=1S/C15H16BrN3O/c1-10-8-12(16)5-6-13(10)18-15(20)11-4-7-14(17-9-11)19(2)3/h4-9H,1-3H3,(H,18,20). The van der Waals surface area contributed by atoms with Crippen molar-refractivity contribution in [2.75, 3.05) is 24.3 Å². The van der Waals surface area contributed by atoms with Gasteiger partial charge >= 0.3 is 0 Å². The maximum Gasteiger partial charge on any atom is 0.257 e. The molecule has 0 fully saturated rings. The van der Waals surface area contributed by atoms with Crippen molar-refractivity contribution in [3.63, 3.8) is 0 Å². The highest BCUT2D eigenvalue weighted by Crippen LogP contribution is 2.20. The van der Waals surface area contributed by atoms with Crippen molar-refractivity contribution in [3.05, 3.63) is 52.1 Å². The molecule has 0 aliphatic heterocycles. The van der Waals surface area contributed by atoms with Crippen LogP contribution in [0.2, 0.25) is 0 Å². The van der Waals surface area contributed by atoms with E-state index in [0.717, 1.165) is 21.5 Å². The van der Waals surface area contributed by atoms with Gasteiger partial charge in [0.2, 0.25) is 0 Å². The second kappa shape index (κ2) is 6.05. The third kappa shape index (κ3) is 3.36. The minimum Gasteiger partial charge on any atom is -0.363 e. The van der Waals surface area contributed by atoms with Gasteiger partial charge < -0.3 is 10.2 Å². The molecule has 0 saturated heterocycles. The molecule has 0 saturated carbocycles. The Kier molecular flexibility index (Phi) is 4.39. The fourth-order valence-electron chi connectivity index (χ4n) is 1.75. The van der Waals surface area contributed by atoms with Crippen molar-refractivity contribution in [1.82, 2.24) is 4.98 Å². The molecule has 2 aromatic rings. The summed E-state index contributed by atoms with van der Waals surface area (Å²) in [6.45, 7) is 1.95. The lowest BCUT2D eigenvalue weighted by Gasteiger charge is -2.12. The van der Waals surface area contributed by atoms with Crippen LogP contribution < -0.4 is 10.2 Å². The number of hydrogen-bond donors (Lipinski definition) is 1. The Balaban J connectivity index is 2.15. The zero-order valence-corrected chi connectivity index (χ0v) is 13.2. The number of halogens is 1. The van der Waals surface area contributed by atoms with E-state index in [-0.39, 0.29) is 5.91 Å². The van der Waals surface area contributed by atoms with Gasteiger partial charge in [-0.2, -0.15) is 0 Å². The van der Waals surface area contributed by atoms with Crippen LogP contribution >= 0.6 is 15.9 Å². The summed E-state index contributed by atoms with van der Waals surface area (Å²) < 4.78 is 0.991. The Hall–Kier alpha value is -1.88. The van der Waals surface area contributed by atoms with E-state index in [4.69, 9.17) is 0 Å². The molecule has 0 bridgehead atoms. The normalized spacial score (nSPS) is 10.2. The van der Waals surface area contributed by atoms with Crippen LogP contribution in [-0.4, -0.2) is 25.0 Å². The molecule has 20 heavy (non-hydrogen) atoms. The molecule has 0 atom stereocenters. The van der Waals surface area contributed by atoms with Gasteiger partial charge in [-0.15, -0.1) is 0 Å². The number of aromatic nitrogens is 1. The van der Waals surface area contributed by atoms with Gasteiger partial charge in [-0.1, -0.05) is 15.9 Å². The van der Waals surface area contributed by atoms with Crippen LogP contribution in [0.1, 0.15) is 15.9 Å². The topological polar surface area (TPSA) is 45.2 Å². The molecule has 1 aromatic carbocycles. The fourth-order valence-corrected chi connectivity index (χ4v) is 2.22. The number of pyridine rings is 1. The monoisotopic (exact) mass is 333 g/mol. The largest absolute Gasteiger partial charge is 0.363 e. The number of aryl methyl sites for hydroxylation is 1. The van der Waals surface area contributed by atoms with Crippen molar-refractivity contribution in [1.29, 1.82) is 0 Å². The first-order valence-electron chi connectivity index (χ1n) is 6.18. The predicted molar refractivity (Wildman–Crippen MR) is 85.4 cm³/mol. The first kappa shape index (κ1) is 14.5. The van der Waals surface area contributed by atoms with Gasteiger partial charge in [-0.05, 0) is 42.8 Å². The van der Waals surface area contributed by atoms with E-state index in [2.05, 4.69) is 26.2 Å². The van der Waals surface area contributed by atoms with Crippen molar-refractivity contribution < 1.29 is 4.79 Å². The number of nitrogens with zero attached hydrogens (tertiary/aromatic N) is 2. The third-order valence-electron chi connectivity index (χ3n) is 2.90. The van der Waals surface area contributed by atoms with Crippen LogP contribution in [0.3, 0.4) is 0 Å². The van der Waals surface area contributed by atoms with Crippen LogP contribution in [-0.2, 0) is 0 Å². The molecule has 1 aromatic heterocycles. The van der Waals surface area contributed by atoms with Crippen molar-refractivity contribution in [2.45, 2.75) is 6.92 Å². The lowest BCUT2D eigenvalue weighted by Crippen LogP contribution is -2.15. The average Bonchev–Trinajstić information content (AvgIpc) is 2.42. The first-order chi connectivity index (χ1) is 9.47. The van der Waals surface area contributed by atoms with E-state index in [0.29, 0.717) is 5.56 Å². The summed E-state index contributed by atoms with van der Waals surface area (Å²) in [6.07, 6.45) is 1.58. The fraction of sp³-hybridized carbons (Fsp3) is 0.200. The first-order valence-corrected chi connectivity index (χ1v) is 6.97. The highest BCUT2D eigenvalue weighted by molar-refractivity contribution is 9.10. The van der Waals surface area contributed by atoms with Crippen LogP contribution in [0, 0.1) is 6.92 Å². The van der Waals surface area contributed by atoms with Gasteiger partial charge in [0.25, 0.3) is 5.91 Å². The van der Waals surface area contributed by atoms with Crippen molar-refractivity contribution in [3.8, 4) is 0 Å².